The first-order chi connectivity index (χ1) is 8.90. The Morgan fingerprint density at radius 1 is 1.26 bits per heavy atom. The van der Waals surface area contributed by atoms with E-state index in [1.165, 1.54) is 0 Å². The summed E-state index contributed by atoms with van der Waals surface area (Å²) in [6, 6.07) is 7.12. The van der Waals surface area contributed by atoms with Gasteiger partial charge in [0.15, 0.2) is 0 Å². The molecule has 2 N–H and O–H groups in total. The highest BCUT2D eigenvalue weighted by Gasteiger charge is 2.23. The number of rotatable bonds is 7. The lowest BCUT2D eigenvalue weighted by molar-refractivity contribution is 0.361. The summed E-state index contributed by atoms with van der Waals surface area (Å²) in [5, 5.41) is 0. The van der Waals surface area contributed by atoms with Crippen molar-refractivity contribution in [3.63, 3.8) is 0 Å². The lowest BCUT2D eigenvalue weighted by Crippen LogP contribution is -2.35. The zero-order chi connectivity index (χ0) is 14.5. The molecule has 1 aromatic rings. The summed E-state index contributed by atoms with van der Waals surface area (Å²) in [4.78, 5) is 0. The summed E-state index contributed by atoms with van der Waals surface area (Å²) in [6.07, 6.45) is 0.972. The van der Waals surface area contributed by atoms with Gasteiger partial charge in [-0.25, -0.2) is 12.7 Å². The predicted molar refractivity (Wildman–Crippen MR) is 80.2 cm³/mol. The molecule has 4 nitrogen and oxygen atoms in total. The minimum Gasteiger partial charge on any atom is -0.398 e. The quantitative estimate of drug-likeness (QED) is 0.782. The first kappa shape index (κ1) is 16.0. The molecule has 108 valence electrons. The number of sulfonamides is 1. The van der Waals surface area contributed by atoms with Gasteiger partial charge in [0.25, 0.3) is 0 Å². The van der Waals surface area contributed by atoms with Crippen molar-refractivity contribution in [1.29, 1.82) is 0 Å². The first-order valence-electron chi connectivity index (χ1n) is 6.71. The van der Waals surface area contributed by atoms with E-state index in [1.807, 2.05) is 19.1 Å². The van der Waals surface area contributed by atoms with Crippen molar-refractivity contribution >= 4 is 15.7 Å². The van der Waals surface area contributed by atoms with Crippen LogP contribution in [0.2, 0.25) is 0 Å². The van der Waals surface area contributed by atoms with E-state index in [0.717, 1.165) is 6.42 Å². The summed E-state index contributed by atoms with van der Waals surface area (Å²) < 4.78 is 26.4. The van der Waals surface area contributed by atoms with Gasteiger partial charge in [-0.05, 0) is 17.5 Å². The molecule has 1 rings (SSSR count). The monoisotopic (exact) mass is 284 g/mol. The lowest BCUT2D eigenvalue weighted by atomic mass is 10.1. The van der Waals surface area contributed by atoms with E-state index in [4.69, 9.17) is 5.73 Å². The number of para-hydroxylation sites is 1. The van der Waals surface area contributed by atoms with Crippen LogP contribution in [0.1, 0.15) is 32.8 Å². The van der Waals surface area contributed by atoms with Gasteiger partial charge in [0.1, 0.15) is 0 Å². The molecule has 0 aliphatic carbocycles. The van der Waals surface area contributed by atoms with Crippen molar-refractivity contribution in [3.8, 4) is 0 Å². The summed E-state index contributed by atoms with van der Waals surface area (Å²) in [6.45, 7) is 7.07. The van der Waals surface area contributed by atoms with Gasteiger partial charge in [-0.3, -0.25) is 0 Å². The van der Waals surface area contributed by atoms with Crippen LogP contribution >= 0.6 is 0 Å². The summed E-state index contributed by atoms with van der Waals surface area (Å²) in [5.74, 6) is 0.340. The largest absolute Gasteiger partial charge is 0.398 e. The molecule has 0 saturated heterocycles. The molecule has 1 aromatic carbocycles. The van der Waals surface area contributed by atoms with Crippen LogP contribution in [-0.2, 0) is 15.8 Å². The Hall–Kier alpha value is -1.07. The third-order valence-corrected chi connectivity index (χ3v) is 5.22. The maximum absolute atomic E-state index is 12.4. The first-order valence-corrected chi connectivity index (χ1v) is 8.32. The van der Waals surface area contributed by atoms with Gasteiger partial charge in [0, 0.05) is 18.8 Å². The normalized spacial score (nSPS) is 13.7. The molecule has 0 spiro atoms. The topological polar surface area (TPSA) is 63.4 Å². The highest BCUT2D eigenvalue weighted by molar-refractivity contribution is 7.88. The molecule has 1 atom stereocenters. The Balaban J connectivity index is 2.87. The van der Waals surface area contributed by atoms with E-state index in [2.05, 4.69) is 13.8 Å². The molecule has 0 aromatic heterocycles. The van der Waals surface area contributed by atoms with E-state index in [9.17, 15) is 8.42 Å². The highest BCUT2D eigenvalue weighted by Crippen LogP contribution is 2.18. The Morgan fingerprint density at radius 2 is 1.89 bits per heavy atom. The molecule has 0 fully saturated rings. The Labute approximate surface area is 116 Å². The van der Waals surface area contributed by atoms with E-state index in [0.29, 0.717) is 30.3 Å². The van der Waals surface area contributed by atoms with Crippen molar-refractivity contribution in [2.75, 3.05) is 18.8 Å². The van der Waals surface area contributed by atoms with E-state index >= 15 is 0 Å². The second-order valence-electron chi connectivity index (χ2n) is 4.92. The fourth-order valence-corrected chi connectivity index (χ4v) is 3.58. The average molecular weight is 284 g/mol. The predicted octanol–water partition coefficient (Wildman–Crippen LogP) is 2.47. The fourth-order valence-electron chi connectivity index (χ4n) is 1.87. The smallest absolute Gasteiger partial charge is 0.218 e. The van der Waals surface area contributed by atoms with E-state index < -0.39 is 10.0 Å². The minimum absolute atomic E-state index is 0.0239. The van der Waals surface area contributed by atoms with Crippen LogP contribution in [0.15, 0.2) is 24.3 Å². The molecule has 0 saturated carbocycles. The van der Waals surface area contributed by atoms with Crippen LogP contribution in [0.5, 0.6) is 0 Å². The molecule has 5 heteroatoms. The number of nitrogens with zero attached hydrogens (tertiary/aromatic N) is 1. The SMILES string of the molecule is CCC(C)CN(CC)S(=O)(=O)Cc1ccccc1N. The Morgan fingerprint density at radius 3 is 2.42 bits per heavy atom. The van der Waals surface area contributed by atoms with E-state index in [-0.39, 0.29) is 5.75 Å². The number of hydrogen-bond donors (Lipinski definition) is 1. The minimum atomic E-state index is -3.30. The number of nitrogen functional groups attached to an aromatic ring is 1. The van der Waals surface area contributed by atoms with Crippen molar-refractivity contribution in [2.24, 2.45) is 5.92 Å². The molecule has 19 heavy (non-hydrogen) atoms. The molecule has 0 bridgehead atoms. The van der Waals surface area contributed by atoms with Gasteiger partial charge in [0.2, 0.25) is 10.0 Å². The zero-order valence-electron chi connectivity index (χ0n) is 12.0. The third-order valence-electron chi connectivity index (χ3n) is 3.35. The van der Waals surface area contributed by atoms with Crippen LogP contribution in [0.3, 0.4) is 0 Å². The maximum Gasteiger partial charge on any atom is 0.218 e. The lowest BCUT2D eigenvalue weighted by Gasteiger charge is -2.23. The standard InChI is InChI=1S/C14H24N2O2S/c1-4-12(3)10-16(5-2)19(17,18)11-13-8-6-7-9-14(13)15/h6-9,12H,4-5,10-11,15H2,1-3H3. The van der Waals surface area contributed by atoms with Crippen molar-refractivity contribution in [3.05, 3.63) is 29.8 Å². The fraction of sp³-hybridized carbons (Fsp3) is 0.571. The Kier molecular flexibility index (Phi) is 5.82. The molecule has 0 aliphatic heterocycles. The third kappa shape index (κ3) is 4.51. The summed E-state index contributed by atoms with van der Waals surface area (Å²) in [7, 11) is -3.30. The molecule has 0 amide bonds. The summed E-state index contributed by atoms with van der Waals surface area (Å²) >= 11 is 0. The van der Waals surface area contributed by atoms with Gasteiger partial charge in [-0.1, -0.05) is 45.4 Å². The van der Waals surface area contributed by atoms with Gasteiger partial charge < -0.3 is 5.73 Å². The van der Waals surface area contributed by atoms with Crippen LogP contribution < -0.4 is 5.73 Å². The van der Waals surface area contributed by atoms with Crippen LogP contribution in [-0.4, -0.2) is 25.8 Å². The molecule has 1 unspecified atom stereocenters. The van der Waals surface area contributed by atoms with Gasteiger partial charge in [-0.15, -0.1) is 0 Å². The molecular formula is C14H24N2O2S. The van der Waals surface area contributed by atoms with E-state index in [1.54, 1.807) is 16.4 Å². The second kappa shape index (κ2) is 6.91. The van der Waals surface area contributed by atoms with Crippen molar-refractivity contribution in [1.82, 2.24) is 4.31 Å². The van der Waals surface area contributed by atoms with Crippen molar-refractivity contribution in [2.45, 2.75) is 32.9 Å². The average Bonchev–Trinajstić information content (AvgIpc) is 2.37. The molecule has 0 heterocycles. The van der Waals surface area contributed by atoms with Gasteiger partial charge >= 0.3 is 0 Å². The van der Waals surface area contributed by atoms with Crippen LogP contribution in [0.25, 0.3) is 0 Å². The number of benzene rings is 1. The molecule has 0 aliphatic rings. The van der Waals surface area contributed by atoms with Crippen LogP contribution in [0, 0.1) is 5.92 Å². The number of anilines is 1. The zero-order valence-corrected chi connectivity index (χ0v) is 12.8. The highest BCUT2D eigenvalue weighted by atomic mass is 32.2. The number of nitrogens with two attached hydrogens (primary N) is 1. The van der Waals surface area contributed by atoms with Crippen molar-refractivity contribution < 1.29 is 8.42 Å². The van der Waals surface area contributed by atoms with Gasteiger partial charge in [0.05, 0.1) is 5.75 Å². The maximum atomic E-state index is 12.4. The molecular weight excluding hydrogens is 260 g/mol. The summed E-state index contributed by atoms with van der Waals surface area (Å²) in [5.41, 5.74) is 7.02. The number of hydrogen-bond acceptors (Lipinski definition) is 3. The van der Waals surface area contributed by atoms with Gasteiger partial charge in [-0.2, -0.15) is 0 Å². The van der Waals surface area contributed by atoms with Crippen LogP contribution in [0.4, 0.5) is 5.69 Å². The Bertz CT molecular complexity index is 500. The second-order valence-corrected chi connectivity index (χ2v) is 6.89. The molecule has 0 radical (unpaired) electrons.